The van der Waals surface area contributed by atoms with E-state index in [0.717, 1.165) is 29.2 Å². The maximum Gasteiger partial charge on any atom is 0.328 e. The predicted molar refractivity (Wildman–Crippen MR) is 157 cm³/mol. The monoisotopic (exact) mass is 611 g/mol. The number of benzene rings is 2. The summed E-state index contributed by atoms with van der Waals surface area (Å²) in [5, 5.41) is 4.90. The zero-order chi connectivity index (χ0) is 32.6. The molecule has 0 aliphatic carbocycles. The van der Waals surface area contributed by atoms with Gasteiger partial charge in [0.2, 0.25) is 11.8 Å². The molecule has 0 bridgehead atoms. The van der Waals surface area contributed by atoms with Crippen LogP contribution in [0.4, 0.5) is 18.9 Å². The molecule has 0 aromatic heterocycles. The number of anilines is 1. The third-order valence-electron chi connectivity index (χ3n) is 8.18. The van der Waals surface area contributed by atoms with E-state index in [-0.39, 0.29) is 30.9 Å². The van der Waals surface area contributed by atoms with Crippen LogP contribution in [0.25, 0.3) is 4.85 Å². The quantitative estimate of drug-likeness (QED) is 0.438. The number of hydrogen-bond donors (Lipinski definition) is 2. The van der Waals surface area contributed by atoms with Crippen LogP contribution in [0.5, 0.6) is 0 Å². The maximum absolute atomic E-state index is 14.8. The Morgan fingerprint density at radius 3 is 2.41 bits per heavy atom. The van der Waals surface area contributed by atoms with E-state index >= 15 is 0 Å². The Labute approximate surface area is 254 Å². The summed E-state index contributed by atoms with van der Waals surface area (Å²) in [6.45, 7) is 14.6. The topological polar surface area (TPSA) is 103 Å². The van der Waals surface area contributed by atoms with Gasteiger partial charge in [-0.3, -0.25) is 28.9 Å². The molecule has 2 N–H and O–H groups in total. The Kier molecular flexibility index (Phi) is 8.82. The number of likely N-dealkylation sites (N-methyl/N-ethyl adjacent to an activating group) is 1. The molecule has 0 saturated carbocycles. The molecular formula is C32H36F3N5O4. The number of fused-ring (bicyclic) bond motifs is 2. The molecule has 0 unspecified atom stereocenters. The number of para-hydroxylation sites is 1. The molecule has 4 atom stereocenters. The molecule has 12 heteroatoms. The molecule has 2 heterocycles. The summed E-state index contributed by atoms with van der Waals surface area (Å²) < 4.78 is 42.7. The Morgan fingerprint density at radius 2 is 1.80 bits per heavy atom. The van der Waals surface area contributed by atoms with Gasteiger partial charge in [0.05, 0.1) is 6.42 Å². The molecule has 1 spiro atoms. The van der Waals surface area contributed by atoms with Crippen molar-refractivity contribution in [3.63, 3.8) is 0 Å². The van der Waals surface area contributed by atoms with Gasteiger partial charge < -0.3 is 15.5 Å². The van der Waals surface area contributed by atoms with Gasteiger partial charge in [-0.25, -0.2) is 11.0 Å². The van der Waals surface area contributed by atoms with Crippen molar-refractivity contribution in [3.8, 4) is 0 Å². The van der Waals surface area contributed by atoms with Gasteiger partial charge in [0.15, 0.2) is 0 Å². The Balaban J connectivity index is 1.53. The number of halogens is 3. The van der Waals surface area contributed by atoms with Crippen molar-refractivity contribution in [2.75, 3.05) is 18.9 Å². The van der Waals surface area contributed by atoms with Gasteiger partial charge >= 0.3 is 12.1 Å². The fourth-order valence-corrected chi connectivity index (χ4v) is 5.88. The second kappa shape index (κ2) is 11.9. The van der Waals surface area contributed by atoms with Crippen LogP contribution in [0.3, 0.4) is 0 Å². The first-order chi connectivity index (χ1) is 20.5. The molecule has 9 nitrogen and oxygen atoms in total. The number of carbonyl (C=O) groups excluding carboxylic acids is 4. The highest BCUT2D eigenvalue weighted by Crippen LogP contribution is 2.47. The molecular weight excluding hydrogens is 575 g/mol. The Morgan fingerprint density at radius 1 is 1.16 bits per heavy atom. The Hall–Kier alpha value is -4.40. The number of alkyl halides is 2. The van der Waals surface area contributed by atoms with Crippen molar-refractivity contribution in [3.05, 3.63) is 76.9 Å². The van der Waals surface area contributed by atoms with Crippen LogP contribution in [-0.4, -0.2) is 71.2 Å². The van der Waals surface area contributed by atoms with Crippen molar-refractivity contribution in [2.45, 2.75) is 76.5 Å². The molecule has 2 aromatic carbocycles. The SMILES string of the molecule is [C-]#[N+][C@@H]1C[C@@]2(CN1C(=O)[C@H](CC(C)(C)C)N(C)C(=O)[C@H](C)NC(=O)C(F)(F)Cc1ccc(F)cc1)C(=O)Nc1ccccc12. The average Bonchev–Trinajstić information content (AvgIpc) is 3.48. The highest BCUT2D eigenvalue weighted by molar-refractivity contribution is 6.07. The lowest BCUT2D eigenvalue weighted by molar-refractivity contribution is -0.151. The first kappa shape index (κ1) is 32.5. The highest BCUT2D eigenvalue weighted by atomic mass is 19.3. The van der Waals surface area contributed by atoms with E-state index in [9.17, 15) is 32.3 Å². The number of amides is 4. The number of rotatable bonds is 8. The van der Waals surface area contributed by atoms with E-state index in [0.29, 0.717) is 11.3 Å². The van der Waals surface area contributed by atoms with Gasteiger partial charge in [0, 0.05) is 25.7 Å². The molecule has 234 valence electrons. The zero-order valence-electron chi connectivity index (χ0n) is 25.3. The molecule has 2 aliphatic heterocycles. The van der Waals surface area contributed by atoms with Crippen LogP contribution >= 0.6 is 0 Å². The first-order valence-electron chi connectivity index (χ1n) is 14.3. The number of likely N-dealkylation sites (tertiary alicyclic amines) is 1. The minimum atomic E-state index is -3.89. The molecule has 0 radical (unpaired) electrons. The van der Waals surface area contributed by atoms with Crippen LogP contribution in [0.15, 0.2) is 48.5 Å². The van der Waals surface area contributed by atoms with Crippen LogP contribution in [0.2, 0.25) is 0 Å². The summed E-state index contributed by atoms with van der Waals surface area (Å²) in [6, 6.07) is 8.89. The van der Waals surface area contributed by atoms with Crippen molar-refractivity contribution in [2.24, 2.45) is 5.41 Å². The molecule has 1 fully saturated rings. The molecule has 2 aliphatic rings. The van der Waals surface area contributed by atoms with Crippen LogP contribution in [0, 0.1) is 17.8 Å². The average molecular weight is 612 g/mol. The number of nitrogens with zero attached hydrogens (tertiary/aromatic N) is 3. The largest absolute Gasteiger partial charge is 0.339 e. The zero-order valence-corrected chi connectivity index (χ0v) is 25.3. The van der Waals surface area contributed by atoms with Gasteiger partial charge in [-0.15, -0.1) is 0 Å². The van der Waals surface area contributed by atoms with Gasteiger partial charge in [0.25, 0.3) is 11.8 Å². The molecule has 1 saturated heterocycles. The first-order valence-corrected chi connectivity index (χ1v) is 14.3. The molecule has 4 amide bonds. The summed E-state index contributed by atoms with van der Waals surface area (Å²) in [5.41, 5.74) is -0.243. The lowest BCUT2D eigenvalue weighted by atomic mass is 9.80. The van der Waals surface area contributed by atoms with Gasteiger partial charge in [-0.05, 0) is 48.1 Å². The summed E-state index contributed by atoms with van der Waals surface area (Å²) in [7, 11) is 1.35. The minimum absolute atomic E-state index is 0.0369. The van der Waals surface area contributed by atoms with Gasteiger partial charge in [-0.2, -0.15) is 8.78 Å². The van der Waals surface area contributed by atoms with Crippen LogP contribution < -0.4 is 10.6 Å². The molecule has 44 heavy (non-hydrogen) atoms. The van der Waals surface area contributed by atoms with Gasteiger partial charge in [-0.1, -0.05) is 51.1 Å². The van der Waals surface area contributed by atoms with Crippen molar-refractivity contribution in [1.29, 1.82) is 0 Å². The smallest absolute Gasteiger partial charge is 0.328 e. The fraction of sp³-hybridized carbons (Fsp3) is 0.469. The van der Waals surface area contributed by atoms with E-state index in [4.69, 9.17) is 6.57 Å². The molecule has 4 rings (SSSR count). The maximum atomic E-state index is 14.8. The lowest BCUT2D eigenvalue weighted by Crippen LogP contribution is -2.57. The van der Waals surface area contributed by atoms with Crippen LogP contribution in [-0.2, 0) is 31.0 Å². The third kappa shape index (κ3) is 6.42. The summed E-state index contributed by atoms with van der Waals surface area (Å²) >= 11 is 0. The van der Waals surface area contributed by atoms with E-state index < -0.39 is 65.0 Å². The number of carbonyl (C=O) groups is 4. The van der Waals surface area contributed by atoms with E-state index in [2.05, 4.69) is 15.5 Å². The summed E-state index contributed by atoms with van der Waals surface area (Å²) in [4.78, 5) is 59.5. The normalized spacial score (nSPS) is 20.8. The van der Waals surface area contributed by atoms with Crippen LogP contribution in [0.1, 0.15) is 51.7 Å². The third-order valence-corrected chi connectivity index (χ3v) is 8.18. The molecule has 2 aromatic rings. The van der Waals surface area contributed by atoms with E-state index in [1.165, 1.54) is 18.9 Å². The van der Waals surface area contributed by atoms with E-state index in [1.54, 1.807) is 24.3 Å². The van der Waals surface area contributed by atoms with Crippen molar-refractivity contribution >= 4 is 29.3 Å². The minimum Gasteiger partial charge on any atom is -0.339 e. The second-order valence-electron chi connectivity index (χ2n) is 12.8. The lowest BCUT2D eigenvalue weighted by Gasteiger charge is -2.36. The van der Waals surface area contributed by atoms with E-state index in [1.807, 2.05) is 20.8 Å². The number of hydrogen-bond acceptors (Lipinski definition) is 4. The second-order valence-corrected chi connectivity index (χ2v) is 12.8. The standard InChI is InChI=1S/C32H36F3N5O4/c1-19(37-29(44)32(34,35)15-20-11-13-21(33)14-12-20)26(41)39(6)24(16-30(2,3)4)27(42)40-18-31(17-25(40)36-5)22-9-7-8-10-23(22)38-28(31)43/h7-14,19,24-25H,15-18H2,1-4,6H3,(H,37,44)(H,38,43)/t19-,24-,25-,31-/m0/s1. The number of nitrogens with one attached hydrogen (secondary N) is 2. The summed E-state index contributed by atoms with van der Waals surface area (Å²) in [5.74, 6) is -7.82. The predicted octanol–water partition coefficient (Wildman–Crippen LogP) is 4.14. The van der Waals surface area contributed by atoms with Gasteiger partial charge in [0.1, 0.15) is 23.3 Å². The van der Waals surface area contributed by atoms with Crippen molar-refractivity contribution < 1.29 is 32.3 Å². The Bertz CT molecular complexity index is 1500. The summed E-state index contributed by atoms with van der Waals surface area (Å²) in [6.07, 6.45) is -1.72. The van der Waals surface area contributed by atoms with Crippen molar-refractivity contribution in [1.82, 2.24) is 15.1 Å². The highest BCUT2D eigenvalue weighted by Gasteiger charge is 2.59. The fourth-order valence-electron chi connectivity index (χ4n) is 5.88.